The summed E-state index contributed by atoms with van der Waals surface area (Å²) in [6.45, 7) is 2.26. The monoisotopic (exact) mass is 462 g/mol. The average Bonchev–Trinajstić information content (AvgIpc) is 2.96. The summed E-state index contributed by atoms with van der Waals surface area (Å²) in [5, 5.41) is 2.91. The molecular weight excluding hydrogens is 435 g/mol. The Bertz CT molecular complexity index is 1200. The molecule has 1 aliphatic rings. The first-order valence-electron chi connectivity index (χ1n) is 11.2. The van der Waals surface area contributed by atoms with Gasteiger partial charge >= 0.3 is 0 Å². The molecule has 0 radical (unpaired) electrons. The van der Waals surface area contributed by atoms with E-state index < -0.39 is 6.10 Å². The smallest absolute Gasteiger partial charge is 0.264 e. The van der Waals surface area contributed by atoms with Gasteiger partial charge in [0.15, 0.2) is 6.10 Å². The van der Waals surface area contributed by atoms with Crippen molar-refractivity contribution >= 4 is 17.5 Å². The van der Waals surface area contributed by atoms with Crippen molar-refractivity contribution in [2.45, 2.75) is 39.0 Å². The van der Waals surface area contributed by atoms with Gasteiger partial charge in [-0.2, -0.15) is 0 Å². The average molecular weight is 463 g/mol. The molecule has 0 saturated heterocycles. The molecule has 176 valence electrons. The largest absolute Gasteiger partial charge is 0.497 e. The van der Waals surface area contributed by atoms with Crippen molar-refractivity contribution < 1.29 is 23.5 Å². The summed E-state index contributed by atoms with van der Waals surface area (Å²) < 4.78 is 25.5. The second-order valence-corrected chi connectivity index (χ2v) is 8.20. The fourth-order valence-corrected chi connectivity index (χ4v) is 3.98. The van der Waals surface area contributed by atoms with Crippen LogP contribution in [0.25, 0.3) is 0 Å². The van der Waals surface area contributed by atoms with E-state index in [2.05, 4.69) is 5.32 Å². The number of benzene rings is 3. The van der Waals surface area contributed by atoms with Crippen molar-refractivity contribution in [3.8, 4) is 11.5 Å². The SMILES string of the molecule is CC[C@H]1Oc2ccc(NC(=O)Cc3cccc(OC)c3)cc2CN(Cc2ccccc2F)C1=O. The third-order valence-corrected chi connectivity index (χ3v) is 5.75. The number of hydrogen-bond donors (Lipinski definition) is 1. The number of ether oxygens (including phenoxy) is 2. The van der Waals surface area contributed by atoms with E-state index >= 15 is 0 Å². The minimum Gasteiger partial charge on any atom is -0.497 e. The molecule has 0 bridgehead atoms. The van der Waals surface area contributed by atoms with Crippen LogP contribution in [0.3, 0.4) is 0 Å². The van der Waals surface area contributed by atoms with E-state index in [0.29, 0.717) is 29.2 Å². The summed E-state index contributed by atoms with van der Waals surface area (Å²) in [5.74, 6) is 0.561. The van der Waals surface area contributed by atoms with E-state index in [1.165, 1.54) is 6.07 Å². The molecule has 1 atom stereocenters. The van der Waals surface area contributed by atoms with Crippen LogP contribution in [0.4, 0.5) is 10.1 Å². The van der Waals surface area contributed by atoms with Gasteiger partial charge in [0.1, 0.15) is 17.3 Å². The number of anilines is 1. The number of carbonyl (C=O) groups is 2. The number of nitrogens with zero attached hydrogens (tertiary/aromatic N) is 1. The Morgan fingerprint density at radius 3 is 2.74 bits per heavy atom. The molecule has 7 heteroatoms. The van der Waals surface area contributed by atoms with E-state index in [1.54, 1.807) is 48.4 Å². The molecular formula is C27H27FN2O4. The van der Waals surface area contributed by atoms with E-state index in [9.17, 15) is 14.0 Å². The minimum atomic E-state index is -0.651. The third-order valence-electron chi connectivity index (χ3n) is 5.75. The second-order valence-electron chi connectivity index (χ2n) is 8.20. The molecule has 0 fully saturated rings. The predicted octanol–water partition coefficient (Wildman–Crippen LogP) is 4.72. The normalized spacial score (nSPS) is 15.2. The minimum absolute atomic E-state index is 0.136. The summed E-state index contributed by atoms with van der Waals surface area (Å²) in [7, 11) is 1.58. The van der Waals surface area contributed by atoms with E-state index in [0.717, 1.165) is 11.1 Å². The molecule has 0 aliphatic carbocycles. The first kappa shape index (κ1) is 23.3. The summed E-state index contributed by atoms with van der Waals surface area (Å²) >= 11 is 0. The fourth-order valence-electron chi connectivity index (χ4n) is 3.98. The molecule has 34 heavy (non-hydrogen) atoms. The zero-order chi connectivity index (χ0) is 24.1. The molecule has 4 rings (SSSR count). The van der Waals surface area contributed by atoms with Gasteiger partial charge in [-0.15, -0.1) is 0 Å². The van der Waals surface area contributed by atoms with Crippen LogP contribution in [0.2, 0.25) is 0 Å². The highest BCUT2D eigenvalue weighted by atomic mass is 19.1. The summed E-state index contributed by atoms with van der Waals surface area (Å²) in [6.07, 6.45) is 0.0348. The number of hydrogen-bond acceptors (Lipinski definition) is 4. The molecule has 3 aromatic carbocycles. The van der Waals surface area contributed by atoms with Crippen molar-refractivity contribution in [1.29, 1.82) is 0 Å². The lowest BCUT2D eigenvalue weighted by Crippen LogP contribution is -2.39. The zero-order valence-corrected chi connectivity index (χ0v) is 19.2. The molecule has 3 aromatic rings. The Labute approximate surface area is 198 Å². The molecule has 6 nitrogen and oxygen atoms in total. The molecule has 0 spiro atoms. The number of amides is 2. The molecule has 2 amide bonds. The number of methoxy groups -OCH3 is 1. The van der Waals surface area contributed by atoms with Crippen LogP contribution >= 0.6 is 0 Å². The Kier molecular flexibility index (Phi) is 7.11. The first-order valence-corrected chi connectivity index (χ1v) is 11.2. The summed E-state index contributed by atoms with van der Waals surface area (Å²) in [4.78, 5) is 27.3. The van der Waals surface area contributed by atoms with Crippen LogP contribution in [0.5, 0.6) is 11.5 Å². The van der Waals surface area contributed by atoms with Crippen molar-refractivity contribution in [1.82, 2.24) is 4.90 Å². The van der Waals surface area contributed by atoms with Gasteiger partial charge in [-0.05, 0) is 48.4 Å². The van der Waals surface area contributed by atoms with Gasteiger partial charge in [-0.1, -0.05) is 37.3 Å². The zero-order valence-electron chi connectivity index (χ0n) is 19.2. The maximum absolute atomic E-state index is 14.3. The molecule has 0 aromatic heterocycles. The van der Waals surface area contributed by atoms with Crippen LogP contribution in [0, 0.1) is 5.82 Å². The van der Waals surface area contributed by atoms with Crippen molar-refractivity contribution in [2.75, 3.05) is 12.4 Å². The summed E-state index contributed by atoms with van der Waals surface area (Å²) in [5.41, 5.74) is 2.63. The number of carbonyl (C=O) groups excluding carboxylic acids is 2. The van der Waals surface area contributed by atoms with E-state index in [1.807, 2.05) is 31.2 Å². The number of rotatable bonds is 7. The van der Waals surface area contributed by atoms with Crippen molar-refractivity contribution in [3.63, 3.8) is 0 Å². The Balaban J connectivity index is 1.53. The van der Waals surface area contributed by atoms with Gasteiger partial charge in [-0.25, -0.2) is 4.39 Å². The van der Waals surface area contributed by atoms with Gasteiger partial charge in [0, 0.05) is 29.9 Å². The summed E-state index contributed by atoms with van der Waals surface area (Å²) in [6, 6.07) is 19.1. The molecule has 1 N–H and O–H groups in total. The van der Waals surface area contributed by atoms with E-state index in [-0.39, 0.29) is 37.1 Å². The highest BCUT2D eigenvalue weighted by Crippen LogP contribution is 2.30. The van der Waals surface area contributed by atoms with Gasteiger partial charge in [0.2, 0.25) is 5.91 Å². The van der Waals surface area contributed by atoms with Gasteiger partial charge in [-0.3, -0.25) is 9.59 Å². The maximum atomic E-state index is 14.3. The lowest BCUT2D eigenvalue weighted by atomic mass is 10.1. The Hall–Kier alpha value is -3.87. The molecule has 1 aliphatic heterocycles. The van der Waals surface area contributed by atoms with Crippen molar-refractivity contribution in [2.24, 2.45) is 0 Å². The third kappa shape index (κ3) is 5.36. The number of nitrogens with one attached hydrogen (secondary N) is 1. The topological polar surface area (TPSA) is 67.9 Å². The maximum Gasteiger partial charge on any atom is 0.264 e. The molecule has 1 heterocycles. The Morgan fingerprint density at radius 2 is 1.97 bits per heavy atom. The number of halogens is 1. The second kappa shape index (κ2) is 10.4. The van der Waals surface area contributed by atoms with Crippen LogP contribution in [-0.4, -0.2) is 29.9 Å². The lowest BCUT2D eigenvalue weighted by Gasteiger charge is -2.23. The van der Waals surface area contributed by atoms with E-state index in [4.69, 9.17) is 9.47 Å². The number of fused-ring (bicyclic) bond motifs is 1. The van der Waals surface area contributed by atoms with Gasteiger partial charge in [0.25, 0.3) is 5.91 Å². The van der Waals surface area contributed by atoms with Crippen molar-refractivity contribution in [3.05, 3.63) is 89.2 Å². The standard InChI is InChI=1S/C27H27FN2O4/c1-3-24-27(32)30(16-19-8-4-5-10-23(19)28)17-20-15-21(11-12-25(20)34-24)29-26(31)14-18-7-6-9-22(13-18)33-2/h4-13,15,24H,3,14,16-17H2,1-2H3,(H,29,31)/t24-/m1/s1. The quantitative estimate of drug-likeness (QED) is 0.552. The lowest BCUT2D eigenvalue weighted by molar-refractivity contribution is -0.139. The highest BCUT2D eigenvalue weighted by Gasteiger charge is 2.30. The Morgan fingerprint density at radius 1 is 1.15 bits per heavy atom. The highest BCUT2D eigenvalue weighted by molar-refractivity contribution is 5.92. The van der Waals surface area contributed by atoms with Crippen LogP contribution < -0.4 is 14.8 Å². The predicted molar refractivity (Wildman–Crippen MR) is 127 cm³/mol. The van der Waals surface area contributed by atoms with Crippen LogP contribution in [0.1, 0.15) is 30.0 Å². The molecule has 0 unspecified atom stereocenters. The van der Waals surface area contributed by atoms with Gasteiger partial charge < -0.3 is 19.7 Å². The van der Waals surface area contributed by atoms with Crippen LogP contribution in [-0.2, 0) is 29.1 Å². The van der Waals surface area contributed by atoms with Gasteiger partial charge in [0.05, 0.1) is 13.5 Å². The van der Waals surface area contributed by atoms with Crippen LogP contribution in [0.15, 0.2) is 66.7 Å². The first-order chi connectivity index (χ1) is 16.5. The fraction of sp³-hybridized carbons (Fsp3) is 0.259. The molecule has 0 saturated carbocycles.